The average molecular weight is 541 g/mol. The van der Waals surface area contributed by atoms with Gasteiger partial charge in [-0.25, -0.2) is 4.79 Å². The Morgan fingerprint density at radius 3 is 2.29 bits per heavy atom. The number of pyridine rings is 1. The van der Waals surface area contributed by atoms with E-state index in [1.165, 1.54) is 48.5 Å². The number of alkyl halides is 3. The van der Waals surface area contributed by atoms with Gasteiger partial charge in [0.15, 0.2) is 6.20 Å². The Balaban J connectivity index is 1.64. The number of nitrogens with one attached hydrogen (secondary N) is 3. The first kappa shape index (κ1) is 24.8. The van der Waals surface area contributed by atoms with Crippen LogP contribution in [-0.2, 0) is 6.18 Å². The maximum absolute atomic E-state index is 13.0. The summed E-state index contributed by atoms with van der Waals surface area (Å²) in [6, 6.07) is 11.0. The first-order chi connectivity index (χ1) is 16.1. The van der Waals surface area contributed by atoms with Crippen molar-refractivity contribution in [3.05, 3.63) is 81.7 Å². The zero-order chi connectivity index (χ0) is 24.9. The monoisotopic (exact) mass is 540 g/mol. The van der Waals surface area contributed by atoms with E-state index in [2.05, 4.69) is 31.9 Å². The van der Waals surface area contributed by atoms with Gasteiger partial charge in [-0.2, -0.15) is 17.9 Å². The van der Waals surface area contributed by atoms with Gasteiger partial charge in [0.05, 0.1) is 11.6 Å². The molecule has 1 aromatic heterocycles. The molecule has 3 aromatic rings. The molecule has 0 spiro atoms. The van der Waals surface area contributed by atoms with Gasteiger partial charge < -0.3 is 31.0 Å². The van der Waals surface area contributed by atoms with Crippen molar-refractivity contribution >= 4 is 39.2 Å². The number of carbonyl (C=O) groups is 2. The number of ether oxygens (including phenoxy) is 1. The lowest BCUT2D eigenvalue weighted by Gasteiger charge is -2.13. The number of hydrogen-bond acceptors (Lipinski definition) is 5. The minimum absolute atomic E-state index is 0.0475. The molecule has 34 heavy (non-hydrogen) atoms. The number of halogens is 4. The SMILES string of the molecule is O=C(Nc1ccc(Oc2cc[n+]([O-])c(C(=O)NCO)c2)cc1)Nc1ccc(Br)c(C(F)(F)F)c1. The summed E-state index contributed by atoms with van der Waals surface area (Å²) >= 11 is 2.83. The molecular weight excluding hydrogens is 525 g/mol. The number of urea groups is 1. The van der Waals surface area contributed by atoms with Crippen molar-refractivity contribution in [2.24, 2.45) is 0 Å². The molecule has 0 unspecified atom stereocenters. The minimum Gasteiger partial charge on any atom is -0.618 e. The summed E-state index contributed by atoms with van der Waals surface area (Å²) in [6.07, 6.45) is -3.52. The van der Waals surface area contributed by atoms with Gasteiger partial charge in [0.25, 0.3) is 5.69 Å². The molecule has 3 amide bonds. The van der Waals surface area contributed by atoms with Gasteiger partial charge in [-0.05, 0) is 42.5 Å². The zero-order valence-corrected chi connectivity index (χ0v) is 18.6. The molecule has 0 saturated carbocycles. The second kappa shape index (κ2) is 10.4. The highest BCUT2D eigenvalue weighted by Gasteiger charge is 2.33. The highest BCUT2D eigenvalue weighted by molar-refractivity contribution is 9.10. The summed E-state index contributed by atoms with van der Waals surface area (Å²) < 4.78 is 44.8. The number of rotatable bonds is 6. The molecule has 1 heterocycles. The molecule has 4 N–H and O–H groups in total. The van der Waals surface area contributed by atoms with Crippen molar-refractivity contribution in [1.82, 2.24) is 5.32 Å². The molecule has 0 aliphatic carbocycles. The summed E-state index contributed by atoms with van der Waals surface area (Å²) in [5.74, 6) is -0.308. The smallest absolute Gasteiger partial charge is 0.417 e. The topological polar surface area (TPSA) is 127 Å². The zero-order valence-electron chi connectivity index (χ0n) is 17.0. The van der Waals surface area contributed by atoms with Crippen LogP contribution in [0.2, 0.25) is 0 Å². The molecule has 9 nitrogen and oxygen atoms in total. The van der Waals surface area contributed by atoms with Crippen LogP contribution < -0.4 is 25.4 Å². The average Bonchev–Trinajstić information content (AvgIpc) is 2.77. The molecule has 178 valence electrons. The second-order valence-electron chi connectivity index (χ2n) is 6.64. The van der Waals surface area contributed by atoms with Crippen molar-refractivity contribution in [1.29, 1.82) is 0 Å². The van der Waals surface area contributed by atoms with E-state index in [0.717, 1.165) is 12.3 Å². The normalized spacial score (nSPS) is 11.0. The number of hydrogen-bond donors (Lipinski definition) is 4. The van der Waals surface area contributed by atoms with Gasteiger partial charge in [-0.1, -0.05) is 15.9 Å². The Bertz CT molecular complexity index is 1210. The van der Waals surface area contributed by atoms with E-state index in [9.17, 15) is 28.0 Å². The van der Waals surface area contributed by atoms with Crippen molar-refractivity contribution in [3.63, 3.8) is 0 Å². The molecule has 3 rings (SSSR count). The second-order valence-corrected chi connectivity index (χ2v) is 7.49. The van der Waals surface area contributed by atoms with Crippen LogP contribution in [0, 0.1) is 5.21 Å². The fraction of sp³-hybridized carbons (Fsp3) is 0.0952. The van der Waals surface area contributed by atoms with E-state index in [0.29, 0.717) is 16.2 Å². The predicted octanol–water partition coefficient (Wildman–Crippen LogP) is 4.22. The molecule has 0 aliphatic rings. The van der Waals surface area contributed by atoms with E-state index in [4.69, 9.17) is 9.84 Å². The number of carbonyl (C=O) groups excluding carboxylic acids is 2. The van der Waals surface area contributed by atoms with Crippen molar-refractivity contribution in [3.8, 4) is 11.5 Å². The molecule has 0 bridgehead atoms. The standard InChI is InChI=1S/C21H16BrF3N4O5/c22-17-6-3-13(9-16(17)21(23,24)25)28-20(32)27-12-1-4-14(5-2-12)34-15-7-8-29(33)18(10-15)19(31)26-11-30/h1-10,30H,11H2,(H,26,31)(H2,27,28,32). The molecule has 0 atom stereocenters. The molecule has 0 fully saturated rings. The van der Waals surface area contributed by atoms with Crippen LogP contribution in [0.3, 0.4) is 0 Å². The highest BCUT2D eigenvalue weighted by Crippen LogP contribution is 2.36. The van der Waals surface area contributed by atoms with Gasteiger partial charge in [-0.3, -0.25) is 4.79 Å². The van der Waals surface area contributed by atoms with Crippen LogP contribution in [0.4, 0.5) is 29.3 Å². The lowest BCUT2D eigenvalue weighted by atomic mass is 10.2. The van der Waals surface area contributed by atoms with E-state index < -0.39 is 30.4 Å². The Morgan fingerprint density at radius 1 is 1.00 bits per heavy atom. The summed E-state index contributed by atoms with van der Waals surface area (Å²) in [4.78, 5) is 23.9. The number of aliphatic hydroxyl groups excluding tert-OH is 1. The van der Waals surface area contributed by atoms with Crippen LogP contribution in [0.25, 0.3) is 0 Å². The molecular formula is C21H16BrF3N4O5. The predicted molar refractivity (Wildman–Crippen MR) is 118 cm³/mol. The van der Waals surface area contributed by atoms with Gasteiger partial charge in [-0.15, -0.1) is 0 Å². The van der Waals surface area contributed by atoms with E-state index in [-0.39, 0.29) is 21.6 Å². The molecule has 2 aromatic carbocycles. The Kier molecular flexibility index (Phi) is 7.58. The van der Waals surface area contributed by atoms with Crippen LogP contribution in [0.1, 0.15) is 16.1 Å². The number of anilines is 2. The Hall–Kier alpha value is -3.84. The molecule has 0 radical (unpaired) electrons. The van der Waals surface area contributed by atoms with Gasteiger partial charge >= 0.3 is 18.1 Å². The lowest BCUT2D eigenvalue weighted by Crippen LogP contribution is -2.39. The Morgan fingerprint density at radius 2 is 1.65 bits per heavy atom. The minimum atomic E-state index is -4.58. The van der Waals surface area contributed by atoms with Gasteiger partial charge in [0, 0.05) is 21.9 Å². The highest BCUT2D eigenvalue weighted by atomic mass is 79.9. The molecule has 0 saturated heterocycles. The van der Waals surface area contributed by atoms with E-state index >= 15 is 0 Å². The van der Waals surface area contributed by atoms with Crippen LogP contribution in [0.5, 0.6) is 11.5 Å². The summed E-state index contributed by atoms with van der Waals surface area (Å²) in [6.45, 7) is -0.642. The van der Waals surface area contributed by atoms with Crippen molar-refractivity contribution in [2.45, 2.75) is 6.18 Å². The third kappa shape index (κ3) is 6.36. The number of aromatic nitrogens is 1. The summed E-state index contributed by atoms with van der Waals surface area (Å²) in [7, 11) is 0. The fourth-order valence-corrected chi connectivity index (χ4v) is 3.19. The number of nitrogens with zero attached hydrogens (tertiary/aromatic N) is 1. The third-order valence-corrected chi connectivity index (χ3v) is 4.93. The lowest BCUT2D eigenvalue weighted by molar-refractivity contribution is -0.607. The van der Waals surface area contributed by atoms with Crippen LogP contribution in [0.15, 0.2) is 65.3 Å². The molecule has 0 aliphatic heterocycles. The summed E-state index contributed by atoms with van der Waals surface area (Å²) in [5, 5.41) is 27.4. The van der Waals surface area contributed by atoms with E-state index in [1.807, 2.05) is 0 Å². The van der Waals surface area contributed by atoms with Crippen LogP contribution >= 0.6 is 15.9 Å². The van der Waals surface area contributed by atoms with Crippen LogP contribution in [-0.4, -0.2) is 23.8 Å². The van der Waals surface area contributed by atoms with Crippen molar-refractivity contribution < 1.29 is 37.3 Å². The maximum atomic E-state index is 13.0. The maximum Gasteiger partial charge on any atom is 0.417 e. The van der Waals surface area contributed by atoms with Gasteiger partial charge in [0.2, 0.25) is 0 Å². The first-order valence-corrected chi connectivity index (χ1v) is 10.2. The largest absolute Gasteiger partial charge is 0.618 e. The third-order valence-electron chi connectivity index (χ3n) is 4.24. The number of aliphatic hydroxyl groups is 1. The van der Waals surface area contributed by atoms with Crippen molar-refractivity contribution in [2.75, 3.05) is 17.4 Å². The quantitative estimate of drug-likeness (QED) is 0.211. The summed E-state index contributed by atoms with van der Waals surface area (Å²) in [5.41, 5.74) is -0.935. The number of amides is 3. The number of benzene rings is 2. The van der Waals surface area contributed by atoms with E-state index in [1.54, 1.807) is 0 Å². The first-order valence-electron chi connectivity index (χ1n) is 9.42. The molecule has 13 heteroatoms. The fourth-order valence-electron chi connectivity index (χ4n) is 2.72. The van der Waals surface area contributed by atoms with Gasteiger partial charge in [0.1, 0.15) is 18.2 Å². The Labute approximate surface area is 198 Å².